The minimum absolute atomic E-state index is 0.00442. The maximum atomic E-state index is 13.7. The number of carbonyl (C=O) groups excluding carboxylic acids is 3. The van der Waals surface area contributed by atoms with Crippen molar-refractivity contribution in [1.29, 1.82) is 0 Å². The number of hydrogen-bond donors (Lipinski definition) is 3. The molecule has 37 heavy (non-hydrogen) atoms. The van der Waals surface area contributed by atoms with Gasteiger partial charge in [0.15, 0.2) is 0 Å². The second-order valence-electron chi connectivity index (χ2n) is 8.43. The van der Waals surface area contributed by atoms with Crippen LogP contribution < -0.4 is 11.1 Å². The third kappa shape index (κ3) is 6.60. The lowest BCUT2D eigenvalue weighted by molar-refractivity contribution is -0.155. The molecule has 0 bridgehead atoms. The smallest absolute Gasteiger partial charge is 0.326 e. The van der Waals surface area contributed by atoms with E-state index in [1.807, 2.05) is 0 Å². The molecule has 3 rings (SSSR count). The second-order valence-corrected chi connectivity index (χ2v) is 10.3. The lowest BCUT2D eigenvalue weighted by atomic mass is 10.0. The highest BCUT2D eigenvalue weighted by Crippen LogP contribution is 2.28. The maximum absolute atomic E-state index is 13.7. The van der Waals surface area contributed by atoms with Crippen molar-refractivity contribution in [2.75, 3.05) is 18.4 Å². The van der Waals surface area contributed by atoms with Crippen molar-refractivity contribution < 1.29 is 32.7 Å². The fourth-order valence-corrected chi connectivity index (χ4v) is 5.78. The number of amides is 3. The molecule has 0 radical (unpaired) electrons. The van der Waals surface area contributed by atoms with Crippen LogP contribution in [0.4, 0.5) is 5.69 Å². The van der Waals surface area contributed by atoms with Crippen LogP contribution in [0.5, 0.6) is 0 Å². The molecule has 0 unspecified atom stereocenters. The van der Waals surface area contributed by atoms with Crippen LogP contribution in [0, 0.1) is 0 Å². The van der Waals surface area contributed by atoms with Crippen LogP contribution in [0.15, 0.2) is 72.1 Å². The first kappa shape index (κ1) is 27.6. The molecule has 2 atom stereocenters. The van der Waals surface area contributed by atoms with E-state index >= 15 is 0 Å². The Hall–Kier alpha value is -4.03. The van der Waals surface area contributed by atoms with Gasteiger partial charge in [-0.15, -0.1) is 0 Å². The molecule has 12 heteroatoms. The molecule has 2 aromatic carbocycles. The van der Waals surface area contributed by atoms with Crippen LogP contribution in [0.2, 0.25) is 0 Å². The van der Waals surface area contributed by atoms with Gasteiger partial charge in [0, 0.05) is 25.2 Å². The Bertz CT molecular complexity index is 1300. The van der Waals surface area contributed by atoms with Crippen molar-refractivity contribution >= 4 is 39.4 Å². The van der Waals surface area contributed by atoms with E-state index in [2.05, 4.69) is 11.9 Å². The van der Waals surface area contributed by atoms with E-state index in [0.29, 0.717) is 5.56 Å². The molecule has 1 saturated heterocycles. The fraction of sp³-hybridized carbons (Fsp3) is 0.280. The minimum Gasteiger partial charge on any atom is -0.480 e. The summed E-state index contributed by atoms with van der Waals surface area (Å²) in [4.78, 5) is 49.5. The number of rotatable bonds is 11. The highest BCUT2D eigenvalue weighted by molar-refractivity contribution is 7.89. The molecular formula is C25H28N4O7S. The average molecular weight is 529 g/mol. The van der Waals surface area contributed by atoms with Crippen molar-refractivity contribution in [2.45, 2.75) is 36.2 Å². The zero-order chi connectivity index (χ0) is 27.2. The van der Waals surface area contributed by atoms with Crippen molar-refractivity contribution in [1.82, 2.24) is 9.21 Å². The van der Waals surface area contributed by atoms with Gasteiger partial charge in [0.1, 0.15) is 12.1 Å². The molecular weight excluding hydrogens is 500 g/mol. The van der Waals surface area contributed by atoms with Crippen molar-refractivity contribution in [2.24, 2.45) is 5.73 Å². The number of nitrogens with two attached hydrogens (primary N) is 1. The minimum atomic E-state index is -4.24. The molecule has 2 aromatic rings. The fourth-order valence-electron chi connectivity index (χ4n) is 4.17. The SMILES string of the molecule is C=CC(=O)Nc1cccc(S(=O)(=O)N2CCN([C@@H](CCC(N)=O)C(=O)O)C(=O)[C@@H]2Cc2ccccc2)c1. The number of benzene rings is 2. The third-order valence-electron chi connectivity index (χ3n) is 5.97. The predicted octanol–water partition coefficient (Wildman–Crippen LogP) is 0.974. The van der Waals surface area contributed by atoms with Gasteiger partial charge in [0.2, 0.25) is 27.7 Å². The van der Waals surface area contributed by atoms with Gasteiger partial charge in [-0.25, -0.2) is 13.2 Å². The lowest BCUT2D eigenvalue weighted by Gasteiger charge is -2.42. The number of anilines is 1. The largest absolute Gasteiger partial charge is 0.480 e. The van der Waals surface area contributed by atoms with Gasteiger partial charge in [-0.1, -0.05) is 43.0 Å². The van der Waals surface area contributed by atoms with Gasteiger partial charge in [-0.3, -0.25) is 14.4 Å². The summed E-state index contributed by atoms with van der Waals surface area (Å²) in [5.74, 6) is -3.22. The van der Waals surface area contributed by atoms with Crippen LogP contribution in [-0.4, -0.2) is 71.6 Å². The monoisotopic (exact) mass is 528 g/mol. The number of carbonyl (C=O) groups is 4. The van der Waals surface area contributed by atoms with E-state index in [4.69, 9.17) is 5.73 Å². The van der Waals surface area contributed by atoms with Crippen LogP contribution >= 0.6 is 0 Å². The molecule has 3 amide bonds. The number of primary amides is 1. The maximum Gasteiger partial charge on any atom is 0.326 e. The zero-order valence-corrected chi connectivity index (χ0v) is 20.8. The van der Waals surface area contributed by atoms with E-state index in [9.17, 15) is 32.7 Å². The Morgan fingerprint density at radius 3 is 2.46 bits per heavy atom. The zero-order valence-electron chi connectivity index (χ0n) is 19.9. The molecule has 0 aliphatic carbocycles. The summed E-state index contributed by atoms with van der Waals surface area (Å²) >= 11 is 0. The molecule has 1 heterocycles. The Morgan fingerprint density at radius 2 is 1.84 bits per heavy atom. The molecule has 196 valence electrons. The first-order chi connectivity index (χ1) is 17.5. The van der Waals surface area contributed by atoms with Crippen LogP contribution in [-0.2, 0) is 35.6 Å². The molecule has 1 aliphatic rings. The first-order valence-electron chi connectivity index (χ1n) is 11.5. The number of hydrogen-bond acceptors (Lipinski definition) is 6. The average Bonchev–Trinajstić information content (AvgIpc) is 2.86. The molecule has 0 saturated carbocycles. The summed E-state index contributed by atoms with van der Waals surface area (Å²) in [5.41, 5.74) is 6.08. The first-order valence-corrected chi connectivity index (χ1v) is 12.9. The van der Waals surface area contributed by atoms with E-state index in [-0.39, 0.29) is 42.9 Å². The van der Waals surface area contributed by atoms with Gasteiger partial charge >= 0.3 is 5.97 Å². The summed E-state index contributed by atoms with van der Waals surface area (Å²) in [6.45, 7) is 3.01. The molecule has 4 N–H and O–H groups in total. The van der Waals surface area contributed by atoms with E-state index < -0.39 is 45.8 Å². The quantitative estimate of drug-likeness (QED) is 0.365. The van der Waals surface area contributed by atoms with Crippen LogP contribution in [0.3, 0.4) is 0 Å². The van der Waals surface area contributed by atoms with E-state index in [0.717, 1.165) is 15.3 Å². The Balaban J connectivity index is 1.99. The number of nitrogens with one attached hydrogen (secondary N) is 1. The predicted molar refractivity (Wildman–Crippen MR) is 135 cm³/mol. The van der Waals surface area contributed by atoms with Crippen LogP contribution in [0.25, 0.3) is 0 Å². The summed E-state index contributed by atoms with van der Waals surface area (Å²) < 4.78 is 28.5. The molecule has 1 aliphatic heterocycles. The van der Waals surface area contributed by atoms with E-state index in [1.54, 1.807) is 30.3 Å². The summed E-state index contributed by atoms with van der Waals surface area (Å²) in [5, 5.41) is 12.2. The van der Waals surface area contributed by atoms with Gasteiger partial charge in [0.05, 0.1) is 4.90 Å². The van der Waals surface area contributed by atoms with Crippen molar-refractivity contribution in [3.8, 4) is 0 Å². The van der Waals surface area contributed by atoms with Crippen molar-refractivity contribution in [3.05, 3.63) is 72.8 Å². The van der Waals surface area contributed by atoms with E-state index in [1.165, 1.54) is 24.3 Å². The molecule has 1 fully saturated rings. The lowest BCUT2D eigenvalue weighted by Crippen LogP contribution is -2.62. The summed E-state index contributed by atoms with van der Waals surface area (Å²) in [6.07, 6.45) is 0.623. The number of nitrogens with zero attached hydrogens (tertiary/aromatic N) is 2. The molecule has 0 aromatic heterocycles. The molecule has 11 nitrogen and oxygen atoms in total. The number of piperazine rings is 1. The number of carboxylic acid groups (broad SMARTS) is 1. The highest BCUT2D eigenvalue weighted by Gasteiger charge is 2.45. The topological polar surface area (TPSA) is 167 Å². The Morgan fingerprint density at radius 1 is 1.14 bits per heavy atom. The Labute approximate surface area is 214 Å². The second kappa shape index (κ2) is 11.8. The summed E-state index contributed by atoms with van der Waals surface area (Å²) in [6, 6.07) is 11.8. The van der Waals surface area contributed by atoms with Crippen molar-refractivity contribution in [3.63, 3.8) is 0 Å². The number of sulfonamides is 1. The molecule has 0 spiro atoms. The Kier molecular flexibility index (Phi) is 8.79. The summed E-state index contributed by atoms with van der Waals surface area (Å²) in [7, 11) is -4.24. The standard InChI is InChI=1S/C25H28N4O7S/c1-2-23(31)27-18-9-6-10-19(16-18)37(35,36)29-14-13-28(20(25(33)34)11-12-22(26)30)24(32)21(29)15-17-7-4-3-5-8-17/h2-10,16,20-21H,1,11-15H2,(H2,26,30)(H,27,31)(H,33,34)/t20-,21-/m0/s1. The number of aliphatic carboxylic acids is 1. The van der Waals surface area contributed by atoms with Gasteiger partial charge in [-0.05, 0) is 42.7 Å². The van der Waals surface area contributed by atoms with Gasteiger partial charge < -0.3 is 21.1 Å². The normalized spacial score (nSPS) is 17.1. The van der Waals surface area contributed by atoms with Gasteiger partial charge in [-0.2, -0.15) is 4.31 Å². The number of carboxylic acids is 1. The third-order valence-corrected chi connectivity index (χ3v) is 7.87. The van der Waals surface area contributed by atoms with Crippen LogP contribution in [0.1, 0.15) is 18.4 Å². The van der Waals surface area contributed by atoms with Gasteiger partial charge in [0.25, 0.3) is 0 Å². The highest BCUT2D eigenvalue weighted by atomic mass is 32.2.